The van der Waals surface area contributed by atoms with E-state index in [0.717, 1.165) is 0 Å². The molecule has 2 atom stereocenters. The minimum absolute atomic E-state index is 0.204. The van der Waals surface area contributed by atoms with Crippen molar-refractivity contribution in [1.82, 2.24) is 0 Å². The number of carboxylic acid groups (broad SMARTS) is 1. The van der Waals surface area contributed by atoms with E-state index >= 15 is 0 Å². The third-order valence-corrected chi connectivity index (χ3v) is 2.75. The molecule has 0 radical (unpaired) electrons. The molecule has 4 nitrogen and oxygen atoms in total. The number of carboxylic acids is 1. The van der Waals surface area contributed by atoms with Crippen LogP contribution in [0.15, 0.2) is 0 Å². The SMILES string of the molecule is CCC(C(=O)O)S(=O)CC#N. The minimum atomic E-state index is -1.55. The van der Waals surface area contributed by atoms with Crippen molar-refractivity contribution in [2.24, 2.45) is 0 Å². The second kappa shape index (κ2) is 4.85. The molecule has 0 aromatic carbocycles. The highest BCUT2D eigenvalue weighted by Gasteiger charge is 2.21. The first kappa shape index (κ1) is 10.1. The van der Waals surface area contributed by atoms with Crippen molar-refractivity contribution in [2.45, 2.75) is 18.6 Å². The lowest BCUT2D eigenvalue weighted by Gasteiger charge is -2.05. The predicted octanol–water partition coefficient (Wildman–Crippen LogP) is 0.122. The van der Waals surface area contributed by atoms with Crippen LogP contribution in [0.1, 0.15) is 13.3 Å². The summed E-state index contributed by atoms with van der Waals surface area (Å²) in [4.78, 5) is 10.3. The molecule has 5 heteroatoms. The summed E-state index contributed by atoms with van der Waals surface area (Å²) in [6.07, 6.45) is 0.295. The van der Waals surface area contributed by atoms with Crippen LogP contribution in [0.25, 0.3) is 0 Å². The molecule has 0 aliphatic rings. The molecule has 0 saturated heterocycles. The van der Waals surface area contributed by atoms with Crippen LogP contribution in [0.2, 0.25) is 0 Å². The predicted molar refractivity (Wildman–Crippen MR) is 40.3 cm³/mol. The molecule has 0 amide bonds. The minimum Gasteiger partial charge on any atom is -0.480 e. The zero-order valence-electron chi connectivity index (χ0n) is 6.11. The van der Waals surface area contributed by atoms with Gasteiger partial charge in [0.1, 0.15) is 11.0 Å². The fourth-order valence-electron chi connectivity index (χ4n) is 0.637. The van der Waals surface area contributed by atoms with Gasteiger partial charge in [-0.25, -0.2) is 0 Å². The van der Waals surface area contributed by atoms with Gasteiger partial charge in [0, 0.05) is 10.8 Å². The molecule has 0 spiro atoms. The molecule has 2 unspecified atom stereocenters. The Bertz CT molecular complexity index is 208. The normalized spacial score (nSPS) is 14.9. The number of hydrogen-bond donors (Lipinski definition) is 1. The van der Waals surface area contributed by atoms with Gasteiger partial charge in [0.25, 0.3) is 0 Å². The molecule has 62 valence electrons. The number of hydrogen-bond acceptors (Lipinski definition) is 3. The van der Waals surface area contributed by atoms with Gasteiger partial charge < -0.3 is 5.11 Å². The topological polar surface area (TPSA) is 78.2 Å². The van der Waals surface area contributed by atoms with Crippen LogP contribution in [0.5, 0.6) is 0 Å². The van der Waals surface area contributed by atoms with Gasteiger partial charge >= 0.3 is 5.97 Å². The Morgan fingerprint density at radius 2 is 2.36 bits per heavy atom. The van der Waals surface area contributed by atoms with Crippen molar-refractivity contribution in [3.8, 4) is 6.07 Å². The molecule has 0 rings (SSSR count). The van der Waals surface area contributed by atoms with E-state index in [-0.39, 0.29) is 5.75 Å². The van der Waals surface area contributed by atoms with Gasteiger partial charge in [-0.05, 0) is 6.42 Å². The summed E-state index contributed by atoms with van der Waals surface area (Å²) >= 11 is 0. The Kier molecular flexibility index (Phi) is 4.46. The zero-order chi connectivity index (χ0) is 8.85. The number of carbonyl (C=O) groups is 1. The van der Waals surface area contributed by atoms with E-state index in [9.17, 15) is 9.00 Å². The highest BCUT2D eigenvalue weighted by molar-refractivity contribution is 7.86. The molecule has 0 aliphatic carbocycles. The standard InChI is InChI=1S/C6H9NO3S/c1-2-5(6(8)9)11(10)4-3-7/h5H,2,4H2,1H3,(H,8,9). The third kappa shape index (κ3) is 3.14. The van der Waals surface area contributed by atoms with Crippen LogP contribution in [0.4, 0.5) is 0 Å². The summed E-state index contributed by atoms with van der Waals surface area (Å²) in [6, 6.07) is 1.67. The average molecular weight is 175 g/mol. The molecule has 0 aromatic rings. The Labute approximate surface area is 67.3 Å². The first-order valence-electron chi connectivity index (χ1n) is 3.10. The van der Waals surface area contributed by atoms with E-state index in [1.54, 1.807) is 13.0 Å². The van der Waals surface area contributed by atoms with Gasteiger partial charge in [0.05, 0.1) is 6.07 Å². The maximum absolute atomic E-state index is 10.9. The van der Waals surface area contributed by atoms with Crippen LogP contribution in [-0.2, 0) is 15.6 Å². The highest BCUT2D eigenvalue weighted by atomic mass is 32.2. The molecule has 11 heavy (non-hydrogen) atoms. The summed E-state index contributed by atoms with van der Waals surface area (Å²) in [6.45, 7) is 1.63. The number of aliphatic carboxylic acids is 1. The molecular formula is C6H9NO3S. The van der Waals surface area contributed by atoms with Gasteiger partial charge in [-0.2, -0.15) is 5.26 Å². The average Bonchev–Trinajstić information content (AvgIpc) is 1.88. The van der Waals surface area contributed by atoms with E-state index < -0.39 is 22.0 Å². The van der Waals surface area contributed by atoms with Crippen LogP contribution < -0.4 is 0 Å². The van der Waals surface area contributed by atoms with Gasteiger partial charge in [0.15, 0.2) is 0 Å². The second-order valence-corrected chi connectivity index (χ2v) is 3.54. The van der Waals surface area contributed by atoms with Crippen molar-refractivity contribution in [1.29, 1.82) is 5.26 Å². The summed E-state index contributed by atoms with van der Waals surface area (Å²) in [7, 11) is -1.55. The van der Waals surface area contributed by atoms with Crippen molar-refractivity contribution < 1.29 is 14.1 Å². The van der Waals surface area contributed by atoms with Crippen LogP contribution in [0.3, 0.4) is 0 Å². The monoisotopic (exact) mass is 175 g/mol. The highest BCUT2D eigenvalue weighted by Crippen LogP contribution is 2.01. The first-order valence-corrected chi connectivity index (χ1v) is 4.48. The fourth-order valence-corrected chi connectivity index (χ4v) is 1.56. The second-order valence-electron chi connectivity index (χ2n) is 1.92. The molecule has 1 N–H and O–H groups in total. The lowest BCUT2D eigenvalue weighted by molar-refractivity contribution is -0.136. The first-order chi connectivity index (χ1) is 5.13. The summed E-state index contributed by atoms with van der Waals surface area (Å²) in [5.41, 5.74) is 0. The maximum atomic E-state index is 10.9. The van der Waals surface area contributed by atoms with E-state index in [0.29, 0.717) is 6.42 Å². The largest absolute Gasteiger partial charge is 0.480 e. The Morgan fingerprint density at radius 1 is 1.82 bits per heavy atom. The molecular weight excluding hydrogens is 166 g/mol. The van der Waals surface area contributed by atoms with Crippen molar-refractivity contribution in [3.05, 3.63) is 0 Å². The molecule has 0 bridgehead atoms. The van der Waals surface area contributed by atoms with Crippen LogP contribution in [-0.4, -0.2) is 26.3 Å². The van der Waals surface area contributed by atoms with Crippen molar-refractivity contribution in [2.75, 3.05) is 5.75 Å². The van der Waals surface area contributed by atoms with E-state index in [1.807, 2.05) is 0 Å². The summed E-state index contributed by atoms with van der Waals surface area (Å²) in [5.74, 6) is -1.30. The van der Waals surface area contributed by atoms with Gasteiger partial charge in [-0.3, -0.25) is 9.00 Å². The molecule has 0 fully saturated rings. The Hall–Kier alpha value is -0.890. The quantitative estimate of drug-likeness (QED) is 0.658. The van der Waals surface area contributed by atoms with Gasteiger partial charge in [-0.15, -0.1) is 0 Å². The van der Waals surface area contributed by atoms with Crippen molar-refractivity contribution in [3.63, 3.8) is 0 Å². The summed E-state index contributed by atoms with van der Waals surface area (Å²) in [5, 5.41) is 15.7. The number of nitriles is 1. The lowest BCUT2D eigenvalue weighted by Crippen LogP contribution is -2.25. The molecule has 0 aromatic heterocycles. The van der Waals surface area contributed by atoms with Gasteiger partial charge in [-0.1, -0.05) is 6.92 Å². The number of nitrogens with zero attached hydrogens (tertiary/aromatic N) is 1. The fraction of sp³-hybridized carbons (Fsp3) is 0.667. The lowest BCUT2D eigenvalue weighted by atomic mass is 10.3. The molecule has 0 saturated carbocycles. The number of rotatable bonds is 4. The van der Waals surface area contributed by atoms with Crippen LogP contribution in [0, 0.1) is 11.3 Å². The summed E-state index contributed by atoms with van der Waals surface area (Å²) < 4.78 is 10.9. The van der Waals surface area contributed by atoms with E-state index in [1.165, 1.54) is 0 Å². The smallest absolute Gasteiger partial charge is 0.319 e. The molecule has 0 aliphatic heterocycles. The van der Waals surface area contributed by atoms with Crippen LogP contribution >= 0.6 is 0 Å². The molecule has 0 heterocycles. The van der Waals surface area contributed by atoms with Gasteiger partial charge in [0.2, 0.25) is 0 Å². The Balaban J connectivity index is 4.17. The van der Waals surface area contributed by atoms with E-state index in [2.05, 4.69) is 0 Å². The maximum Gasteiger partial charge on any atom is 0.319 e. The third-order valence-electron chi connectivity index (χ3n) is 1.17. The van der Waals surface area contributed by atoms with E-state index in [4.69, 9.17) is 10.4 Å². The van der Waals surface area contributed by atoms with Crippen molar-refractivity contribution >= 4 is 16.8 Å². The zero-order valence-corrected chi connectivity index (χ0v) is 6.93. The Morgan fingerprint density at radius 3 is 2.64 bits per heavy atom.